The monoisotopic (exact) mass is 545 g/mol. The van der Waals surface area contributed by atoms with E-state index in [0.717, 1.165) is 0 Å². The maximum Gasteiger partial charge on any atom is 3.00 e. The van der Waals surface area contributed by atoms with Gasteiger partial charge in [0.1, 0.15) is 11.6 Å². The third-order valence-corrected chi connectivity index (χ3v) is 5.31. The third-order valence-electron chi connectivity index (χ3n) is 5.31. The van der Waals surface area contributed by atoms with Gasteiger partial charge in [0.2, 0.25) is 0 Å². The second-order valence-electron chi connectivity index (χ2n) is 7.75. The topological polar surface area (TPSA) is 183 Å². The first-order valence-electron chi connectivity index (χ1n) is 10.8. The summed E-state index contributed by atoms with van der Waals surface area (Å²) in [5, 5.41) is 45.8. The van der Waals surface area contributed by atoms with E-state index in [2.05, 4.69) is 31.7 Å². The van der Waals surface area contributed by atoms with Crippen LogP contribution in [0.5, 0.6) is 0 Å². The number of carbonyl (C=O) groups excluding carboxylic acids is 2. The number of carbonyl (C=O) groups is 2. The van der Waals surface area contributed by atoms with Crippen LogP contribution in [-0.2, 0) is 26.4 Å². The fourth-order valence-corrected chi connectivity index (χ4v) is 3.00. The molecule has 0 aliphatic heterocycles. The Morgan fingerprint density at radius 3 is 1.67 bits per heavy atom. The Morgan fingerprint density at radius 2 is 1.36 bits per heavy atom. The summed E-state index contributed by atoms with van der Waals surface area (Å²) in [6.45, 7) is 7.94. The smallest absolute Gasteiger partial charge is 0.792 e. The van der Waals surface area contributed by atoms with Crippen LogP contribution in [0.25, 0.3) is 0 Å². The predicted octanol–water partition coefficient (Wildman–Crippen LogP) is 4.22. The minimum Gasteiger partial charge on any atom is -0.792 e. The first kappa shape index (κ1) is 34.8. The van der Waals surface area contributed by atoms with Crippen molar-refractivity contribution in [2.24, 2.45) is 38.4 Å². The third kappa shape index (κ3) is 12.9. The molecule has 0 aromatic carbocycles. The Morgan fingerprint density at radius 1 is 0.889 bits per heavy atom. The van der Waals surface area contributed by atoms with E-state index < -0.39 is 0 Å². The van der Waals surface area contributed by atoms with Gasteiger partial charge in [0.25, 0.3) is 0 Å². The number of rotatable bonds is 2. The Hall–Kier alpha value is -3.38. The van der Waals surface area contributed by atoms with Crippen LogP contribution >= 0.6 is 0 Å². The number of hydrogen-bond donors (Lipinski definition) is 2. The average Bonchev–Trinajstić information content (AvgIpc) is 2.91. The fourth-order valence-electron chi connectivity index (χ4n) is 3.00. The number of Topliss-reactive ketones (excluding diaryl/α,β-unsaturated/α-hetero) is 2. The SMILES string of the molecule is CC(=N\[O-])/C(C)=N/O.CC(=N\[O-])/C(C)=N/O.C[C@H]1C=[C-]C[C@@H]2C(=O)CCC(=O)[C@@H]21.[Co+3].c1ccncc1. The summed E-state index contributed by atoms with van der Waals surface area (Å²) >= 11 is 0. The van der Waals surface area contributed by atoms with Crippen molar-refractivity contribution in [2.45, 2.75) is 53.9 Å². The second kappa shape index (κ2) is 19.9. The molecule has 2 aliphatic rings. The van der Waals surface area contributed by atoms with Gasteiger partial charge in [-0.1, -0.05) is 23.3 Å². The average molecular weight is 545 g/mol. The summed E-state index contributed by atoms with van der Waals surface area (Å²) < 4.78 is 0. The quantitative estimate of drug-likeness (QED) is 0.241. The van der Waals surface area contributed by atoms with Crippen molar-refractivity contribution in [3.8, 4) is 0 Å². The number of ketones is 2. The van der Waals surface area contributed by atoms with Gasteiger partial charge in [0, 0.05) is 37.1 Å². The number of allylic oxidation sites excluding steroid dienone is 2. The Balaban J connectivity index is 0. The van der Waals surface area contributed by atoms with E-state index in [4.69, 9.17) is 10.4 Å². The van der Waals surface area contributed by atoms with Gasteiger partial charge in [-0.15, -0.1) is 0 Å². The van der Waals surface area contributed by atoms with Crippen LogP contribution in [0.2, 0.25) is 0 Å². The van der Waals surface area contributed by atoms with Gasteiger partial charge < -0.3 is 37.2 Å². The summed E-state index contributed by atoms with van der Waals surface area (Å²) in [6, 6.07) is 5.72. The molecule has 0 saturated heterocycles. The van der Waals surface area contributed by atoms with Gasteiger partial charge in [-0.3, -0.25) is 20.6 Å². The van der Waals surface area contributed by atoms with E-state index in [0.29, 0.717) is 19.3 Å². The normalized spacial score (nSPS) is 21.8. The molecule has 0 unspecified atom stereocenters. The number of fused-ring (bicyclic) bond motifs is 1. The maximum absolute atomic E-state index is 11.6. The molecule has 1 aromatic rings. The Bertz CT molecular complexity index is 857. The first-order chi connectivity index (χ1) is 16.6. The van der Waals surface area contributed by atoms with E-state index in [1.807, 2.05) is 31.2 Å². The van der Waals surface area contributed by atoms with E-state index in [1.165, 1.54) is 27.7 Å². The van der Waals surface area contributed by atoms with Crippen molar-refractivity contribution in [1.82, 2.24) is 4.98 Å². The molecule has 3 atom stereocenters. The zero-order valence-corrected chi connectivity index (χ0v) is 22.0. The Labute approximate surface area is 221 Å². The molecule has 1 aromatic heterocycles. The van der Waals surface area contributed by atoms with Gasteiger partial charge in [-0.05, 0) is 45.7 Å². The molecule has 2 N–H and O–H groups in total. The summed E-state index contributed by atoms with van der Waals surface area (Å²) in [6.07, 6.45) is 10.1. The zero-order valence-electron chi connectivity index (χ0n) is 20.9. The van der Waals surface area contributed by atoms with Crippen molar-refractivity contribution < 1.29 is 36.8 Å². The van der Waals surface area contributed by atoms with Gasteiger partial charge in [-0.25, -0.2) is 0 Å². The second-order valence-corrected chi connectivity index (χ2v) is 7.75. The molecule has 3 rings (SSSR count). The maximum atomic E-state index is 11.6. The molecule has 11 nitrogen and oxygen atoms in total. The van der Waals surface area contributed by atoms with Crippen LogP contribution in [0, 0.1) is 34.2 Å². The fraction of sp³-hybridized carbons (Fsp3) is 0.458. The first-order valence-corrected chi connectivity index (χ1v) is 10.8. The Kier molecular flexibility index (Phi) is 19.2. The molecule has 36 heavy (non-hydrogen) atoms. The van der Waals surface area contributed by atoms with Crippen molar-refractivity contribution in [3.63, 3.8) is 0 Å². The van der Waals surface area contributed by atoms with E-state index in [-0.39, 0.29) is 68.9 Å². The van der Waals surface area contributed by atoms with Crippen molar-refractivity contribution in [1.29, 1.82) is 0 Å². The molecule has 0 spiro atoms. The largest absolute Gasteiger partial charge is 3.00 e. The minimum absolute atomic E-state index is 0. The summed E-state index contributed by atoms with van der Waals surface area (Å²) in [7, 11) is 0. The molecule has 0 amide bonds. The van der Waals surface area contributed by atoms with Crippen molar-refractivity contribution in [2.75, 3.05) is 0 Å². The molecular formula is C24H32CoN5O6. The van der Waals surface area contributed by atoms with Crippen LogP contribution in [0.3, 0.4) is 0 Å². The molecular weight excluding hydrogens is 513 g/mol. The molecule has 0 bridgehead atoms. The molecule has 1 heterocycles. The summed E-state index contributed by atoms with van der Waals surface area (Å²) in [4.78, 5) is 26.9. The summed E-state index contributed by atoms with van der Waals surface area (Å²) in [5.41, 5.74) is 0.903. The molecule has 198 valence electrons. The van der Waals surface area contributed by atoms with Gasteiger partial charge in [-0.2, -0.15) is 6.42 Å². The standard InChI is InChI=1S/C11H13O2.C5H5N.2C4H8N2O2.Co/c1-7-3-2-4-8-9(12)5-6-10(13)11(7)8;1-2-4-6-5-3-1;2*1-3(5-7)4(2)6-8;/h3,7-8,11H,4-6H2,1H3;1-5H;2*7-8H,1-2H3;/q-1;;;;+3/p-2/b;;2*5-3+,6-4+;/t7-,8+,11+;;;;/m0..../s1. The molecule has 12 heteroatoms. The number of aromatic nitrogens is 1. The molecule has 1 saturated carbocycles. The van der Waals surface area contributed by atoms with Crippen molar-refractivity contribution >= 4 is 34.4 Å². The molecule has 2 aliphatic carbocycles. The van der Waals surface area contributed by atoms with Crippen LogP contribution < -0.4 is 0 Å². The minimum atomic E-state index is -0.0544. The zero-order chi connectivity index (χ0) is 26.8. The molecule has 0 radical (unpaired) electrons. The van der Waals surface area contributed by atoms with Crippen LogP contribution in [0.4, 0.5) is 0 Å². The van der Waals surface area contributed by atoms with E-state index in [9.17, 15) is 20.0 Å². The number of oxime groups is 2. The summed E-state index contributed by atoms with van der Waals surface area (Å²) in [5.74, 6) is 0.645. The van der Waals surface area contributed by atoms with Crippen molar-refractivity contribution in [3.05, 3.63) is 53.2 Å². The van der Waals surface area contributed by atoms with E-state index in [1.54, 1.807) is 12.4 Å². The van der Waals surface area contributed by atoms with Crippen LogP contribution in [-0.4, -0.2) is 49.8 Å². The van der Waals surface area contributed by atoms with Crippen LogP contribution in [0.15, 0.2) is 57.3 Å². The number of hydrogen-bond acceptors (Lipinski definition) is 11. The predicted molar refractivity (Wildman–Crippen MR) is 135 cm³/mol. The molecule has 1 fully saturated rings. The number of pyridine rings is 1. The van der Waals surface area contributed by atoms with Gasteiger partial charge >= 0.3 is 16.8 Å². The van der Waals surface area contributed by atoms with Gasteiger partial charge in [0.05, 0.1) is 22.8 Å². The van der Waals surface area contributed by atoms with E-state index >= 15 is 0 Å². The number of nitrogens with zero attached hydrogens (tertiary/aromatic N) is 5. The van der Waals surface area contributed by atoms with Gasteiger partial charge in [0.15, 0.2) is 0 Å². The van der Waals surface area contributed by atoms with Crippen LogP contribution in [0.1, 0.15) is 53.9 Å².